The normalized spacial score (nSPS) is 14.7. The molecule has 8 nitrogen and oxygen atoms in total. The van der Waals surface area contributed by atoms with Crippen LogP contribution in [0.4, 0.5) is 5.69 Å². The number of nitrogens with zero attached hydrogens (tertiary/aromatic N) is 1. The van der Waals surface area contributed by atoms with Crippen LogP contribution in [0.5, 0.6) is 0 Å². The molecule has 0 saturated carbocycles. The molecule has 2 rings (SSSR count). The molecule has 26 heavy (non-hydrogen) atoms. The molecule has 1 heterocycles. The van der Waals surface area contributed by atoms with E-state index in [2.05, 4.69) is 10.6 Å². The van der Waals surface area contributed by atoms with Crippen LogP contribution in [0.3, 0.4) is 0 Å². The molecule has 1 fully saturated rings. The molecule has 0 unspecified atom stereocenters. The van der Waals surface area contributed by atoms with Crippen molar-refractivity contribution in [2.24, 2.45) is 0 Å². The highest BCUT2D eigenvalue weighted by Gasteiger charge is 2.26. The van der Waals surface area contributed by atoms with Crippen molar-refractivity contribution in [3.63, 3.8) is 0 Å². The Morgan fingerprint density at radius 1 is 1.27 bits per heavy atom. The zero-order valence-electron chi connectivity index (χ0n) is 14.9. The summed E-state index contributed by atoms with van der Waals surface area (Å²) in [5.74, 6) is -1.63. The number of esters is 1. The van der Waals surface area contributed by atoms with Crippen molar-refractivity contribution in [1.29, 1.82) is 0 Å². The van der Waals surface area contributed by atoms with Crippen LogP contribution in [-0.4, -0.2) is 49.4 Å². The third-order valence-electron chi connectivity index (χ3n) is 3.94. The fourth-order valence-corrected chi connectivity index (χ4v) is 2.67. The molecule has 0 aliphatic carbocycles. The summed E-state index contributed by atoms with van der Waals surface area (Å²) in [5, 5.41) is 5.04. The summed E-state index contributed by atoms with van der Waals surface area (Å²) in [6.07, 6.45) is 1.19. The Morgan fingerprint density at radius 3 is 2.65 bits per heavy atom. The number of carbonyl (C=O) groups excluding carboxylic acids is 4. The molecule has 0 bridgehead atoms. The van der Waals surface area contributed by atoms with Crippen molar-refractivity contribution in [3.8, 4) is 0 Å². The van der Waals surface area contributed by atoms with Gasteiger partial charge in [-0.15, -0.1) is 0 Å². The maximum Gasteiger partial charge on any atom is 0.340 e. The first kappa shape index (κ1) is 19.4. The van der Waals surface area contributed by atoms with E-state index in [4.69, 9.17) is 4.74 Å². The molecule has 1 aliphatic heterocycles. The van der Waals surface area contributed by atoms with Gasteiger partial charge >= 0.3 is 5.97 Å². The smallest absolute Gasteiger partial charge is 0.340 e. The summed E-state index contributed by atoms with van der Waals surface area (Å²) in [6.45, 7) is 3.81. The molecule has 1 saturated heterocycles. The SMILES string of the molecule is CCNC(=O)[C@H](C)NC(=O)COC(=O)c1ccccc1N1CCCC1=O. The largest absolute Gasteiger partial charge is 0.452 e. The van der Waals surface area contributed by atoms with Gasteiger partial charge in [0.1, 0.15) is 6.04 Å². The number of para-hydroxylation sites is 1. The van der Waals surface area contributed by atoms with Gasteiger partial charge in [-0.25, -0.2) is 4.79 Å². The molecule has 140 valence electrons. The molecule has 0 spiro atoms. The average Bonchev–Trinajstić information content (AvgIpc) is 3.05. The zero-order valence-corrected chi connectivity index (χ0v) is 14.9. The van der Waals surface area contributed by atoms with Gasteiger partial charge in [-0.05, 0) is 32.4 Å². The lowest BCUT2D eigenvalue weighted by Crippen LogP contribution is -2.46. The van der Waals surface area contributed by atoms with Gasteiger partial charge in [-0.1, -0.05) is 12.1 Å². The molecule has 1 aliphatic rings. The van der Waals surface area contributed by atoms with E-state index in [1.165, 1.54) is 0 Å². The van der Waals surface area contributed by atoms with Gasteiger partial charge < -0.3 is 20.3 Å². The summed E-state index contributed by atoms with van der Waals surface area (Å²) in [6, 6.07) is 5.90. The van der Waals surface area contributed by atoms with Crippen LogP contribution >= 0.6 is 0 Å². The lowest BCUT2D eigenvalue weighted by atomic mass is 10.1. The van der Waals surface area contributed by atoms with E-state index in [9.17, 15) is 19.2 Å². The minimum atomic E-state index is -0.726. The number of anilines is 1. The first-order valence-electron chi connectivity index (χ1n) is 8.57. The third kappa shape index (κ3) is 4.81. The second kappa shape index (κ2) is 8.98. The van der Waals surface area contributed by atoms with Crippen molar-refractivity contribution in [2.45, 2.75) is 32.7 Å². The van der Waals surface area contributed by atoms with Crippen molar-refractivity contribution >= 4 is 29.4 Å². The highest BCUT2D eigenvalue weighted by molar-refractivity contribution is 6.04. The maximum absolute atomic E-state index is 12.3. The van der Waals surface area contributed by atoms with E-state index in [0.29, 0.717) is 25.2 Å². The Balaban J connectivity index is 1.95. The van der Waals surface area contributed by atoms with E-state index in [1.54, 1.807) is 43.0 Å². The molecule has 0 radical (unpaired) electrons. The van der Waals surface area contributed by atoms with Gasteiger partial charge in [0, 0.05) is 19.5 Å². The highest BCUT2D eigenvalue weighted by Crippen LogP contribution is 2.25. The summed E-state index contributed by atoms with van der Waals surface area (Å²) in [5.41, 5.74) is 0.712. The second-order valence-corrected chi connectivity index (χ2v) is 5.93. The molecular weight excluding hydrogens is 338 g/mol. The summed E-state index contributed by atoms with van der Waals surface area (Å²) in [7, 11) is 0. The molecular formula is C18H23N3O5. The number of rotatable bonds is 7. The zero-order chi connectivity index (χ0) is 19.1. The molecule has 0 aromatic heterocycles. The van der Waals surface area contributed by atoms with E-state index >= 15 is 0 Å². The predicted octanol–water partition coefficient (Wildman–Crippen LogP) is 0.611. The van der Waals surface area contributed by atoms with Gasteiger partial charge in [0.25, 0.3) is 5.91 Å². The Labute approximate surface area is 151 Å². The standard InChI is InChI=1S/C18H23N3O5/c1-3-19-17(24)12(2)20-15(22)11-26-18(25)13-7-4-5-8-14(13)21-10-6-9-16(21)23/h4-5,7-8,12H,3,6,9-11H2,1-2H3,(H,19,24)(H,20,22)/t12-/m0/s1. The number of hydrogen-bond donors (Lipinski definition) is 2. The average molecular weight is 361 g/mol. The first-order chi connectivity index (χ1) is 12.4. The second-order valence-electron chi connectivity index (χ2n) is 5.93. The molecule has 3 amide bonds. The van der Waals surface area contributed by atoms with Gasteiger partial charge in [-0.2, -0.15) is 0 Å². The lowest BCUT2D eigenvalue weighted by Gasteiger charge is -2.19. The number of nitrogens with one attached hydrogen (secondary N) is 2. The summed E-state index contributed by atoms with van der Waals surface area (Å²) >= 11 is 0. The topological polar surface area (TPSA) is 105 Å². The van der Waals surface area contributed by atoms with Crippen molar-refractivity contribution < 1.29 is 23.9 Å². The predicted molar refractivity (Wildman–Crippen MR) is 94.6 cm³/mol. The summed E-state index contributed by atoms with van der Waals surface area (Å²) < 4.78 is 5.05. The Bertz CT molecular complexity index is 704. The molecule has 1 atom stereocenters. The molecule has 2 N–H and O–H groups in total. The highest BCUT2D eigenvalue weighted by atomic mass is 16.5. The molecule has 1 aromatic rings. The van der Waals surface area contributed by atoms with Gasteiger partial charge in [0.05, 0.1) is 11.3 Å². The van der Waals surface area contributed by atoms with Crippen LogP contribution in [0.15, 0.2) is 24.3 Å². The van der Waals surface area contributed by atoms with E-state index in [-0.39, 0.29) is 17.4 Å². The molecule has 8 heteroatoms. The van der Waals surface area contributed by atoms with E-state index < -0.39 is 24.5 Å². The molecule has 1 aromatic carbocycles. The van der Waals surface area contributed by atoms with Gasteiger partial charge in [0.2, 0.25) is 11.8 Å². The number of likely N-dealkylation sites (N-methyl/N-ethyl adjacent to an activating group) is 1. The number of carbonyl (C=O) groups is 4. The Morgan fingerprint density at radius 2 is 2.00 bits per heavy atom. The van der Waals surface area contributed by atoms with Crippen LogP contribution in [0.1, 0.15) is 37.0 Å². The van der Waals surface area contributed by atoms with Crippen LogP contribution in [0.25, 0.3) is 0 Å². The fourth-order valence-electron chi connectivity index (χ4n) is 2.67. The Kier molecular flexibility index (Phi) is 6.71. The number of ether oxygens (including phenoxy) is 1. The number of amides is 3. The third-order valence-corrected chi connectivity index (χ3v) is 3.94. The van der Waals surface area contributed by atoms with E-state index in [1.807, 2.05) is 0 Å². The van der Waals surface area contributed by atoms with Crippen LogP contribution in [0, 0.1) is 0 Å². The minimum absolute atomic E-state index is 0.0428. The first-order valence-corrected chi connectivity index (χ1v) is 8.57. The fraction of sp³-hybridized carbons (Fsp3) is 0.444. The van der Waals surface area contributed by atoms with Crippen LogP contribution < -0.4 is 15.5 Å². The monoisotopic (exact) mass is 361 g/mol. The minimum Gasteiger partial charge on any atom is -0.452 e. The van der Waals surface area contributed by atoms with E-state index in [0.717, 1.165) is 6.42 Å². The van der Waals surface area contributed by atoms with Crippen LogP contribution in [-0.2, 0) is 19.1 Å². The van der Waals surface area contributed by atoms with Gasteiger partial charge in [0.15, 0.2) is 6.61 Å². The summed E-state index contributed by atoms with van der Waals surface area (Å²) in [4.78, 5) is 49.3. The lowest BCUT2D eigenvalue weighted by molar-refractivity contribution is -0.130. The maximum atomic E-state index is 12.3. The number of benzene rings is 1. The number of hydrogen-bond acceptors (Lipinski definition) is 5. The van der Waals surface area contributed by atoms with Crippen molar-refractivity contribution in [1.82, 2.24) is 10.6 Å². The van der Waals surface area contributed by atoms with Crippen molar-refractivity contribution in [2.75, 3.05) is 24.6 Å². The van der Waals surface area contributed by atoms with Crippen LogP contribution in [0.2, 0.25) is 0 Å². The van der Waals surface area contributed by atoms with Gasteiger partial charge in [-0.3, -0.25) is 14.4 Å². The Hall–Kier alpha value is -2.90. The van der Waals surface area contributed by atoms with Crippen molar-refractivity contribution in [3.05, 3.63) is 29.8 Å². The quantitative estimate of drug-likeness (QED) is 0.693.